The fourth-order valence-electron chi connectivity index (χ4n) is 2.52. The van der Waals surface area contributed by atoms with Crippen molar-refractivity contribution in [3.63, 3.8) is 0 Å². The van der Waals surface area contributed by atoms with Crippen molar-refractivity contribution in [3.8, 4) is 5.75 Å². The van der Waals surface area contributed by atoms with Gasteiger partial charge < -0.3 is 9.64 Å². The van der Waals surface area contributed by atoms with Crippen LogP contribution in [0.15, 0.2) is 18.2 Å². The number of amides is 1. The number of halogens is 1. The third kappa shape index (κ3) is 3.09. The summed E-state index contributed by atoms with van der Waals surface area (Å²) in [6.07, 6.45) is 0.0415. The summed E-state index contributed by atoms with van der Waals surface area (Å²) < 4.78 is 39.3. The topological polar surface area (TPSA) is 63.7 Å². The Morgan fingerprint density at radius 3 is 2.75 bits per heavy atom. The van der Waals surface area contributed by atoms with Crippen LogP contribution in [0.2, 0.25) is 0 Å². The smallest absolute Gasteiger partial charge is 0.302 e. The van der Waals surface area contributed by atoms with E-state index in [4.69, 9.17) is 4.74 Å². The number of benzene rings is 1. The van der Waals surface area contributed by atoms with Gasteiger partial charge in [0.25, 0.3) is 0 Å². The minimum Gasteiger partial charge on any atom is -0.496 e. The molecule has 0 radical (unpaired) electrons. The van der Waals surface area contributed by atoms with E-state index in [9.17, 15) is 17.1 Å². The van der Waals surface area contributed by atoms with Crippen LogP contribution in [0.25, 0.3) is 0 Å². The highest BCUT2D eigenvalue weighted by Gasteiger charge is 2.34. The molecule has 1 aromatic rings. The van der Waals surface area contributed by atoms with Crippen molar-refractivity contribution in [2.75, 3.05) is 24.3 Å². The second-order valence-electron chi connectivity index (χ2n) is 4.88. The largest absolute Gasteiger partial charge is 0.496 e. The van der Waals surface area contributed by atoms with Crippen LogP contribution in [0.5, 0.6) is 5.75 Å². The molecule has 0 saturated carbocycles. The number of nitrogens with zero attached hydrogens (tertiary/aromatic N) is 1. The minimum atomic E-state index is -4.56. The van der Waals surface area contributed by atoms with Crippen molar-refractivity contribution in [1.29, 1.82) is 0 Å². The van der Waals surface area contributed by atoms with Gasteiger partial charge in [0, 0.05) is 24.4 Å². The van der Waals surface area contributed by atoms with Crippen LogP contribution in [0.3, 0.4) is 0 Å². The molecule has 110 valence electrons. The third-order valence-electron chi connectivity index (χ3n) is 3.41. The SMILES string of the molecule is COc1cccc(N2CC(CS(=O)(=O)F)CC2=O)c1C. The number of carbonyl (C=O) groups is 1. The summed E-state index contributed by atoms with van der Waals surface area (Å²) in [7, 11) is -3.03. The number of rotatable bonds is 4. The maximum Gasteiger partial charge on any atom is 0.302 e. The van der Waals surface area contributed by atoms with E-state index in [1.54, 1.807) is 18.2 Å². The van der Waals surface area contributed by atoms with Gasteiger partial charge in [-0.05, 0) is 19.1 Å². The zero-order valence-corrected chi connectivity index (χ0v) is 12.1. The highest BCUT2D eigenvalue weighted by Crippen LogP contribution is 2.32. The molecule has 1 saturated heterocycles. The lowest BCUT2D eigenvalue weighted by atomic mass is 10.1. The lowest BCUT2D eigenvalue weighted by Crippen LogP contribution is -2.26. The van der Waals surface area contributed by atoms with Crippen LogP contribution in [0.4, 0.5) is 9.57 Å². The van der Waals surface area contributed by atoms with Gasteiger partial charge in [0.1, 0.15) is 5.75 Å². The Kier molecular flexibility index (Phi) is 3.99. The van der Waals surface area contributed by atoms with Crippen molar-refractivity contribution in [1.82, 2.24) is 0 Å². The van der Waals surface area contributed by atoms with E-state index in [1.807, 2.05) is 6.92 Å². The molecule has 1 fully saturated rings. The molecule has 1 aromatic carbocycles. The van der Waals surface area contributed by atoms with Crippen molar-refractivity contribution in [2.45, 2.75) is 13.3 Å². The van der Waals surface area contributed by atoms with Crippen LogP contribution >= 0.6 is 0 Å². The van der Waals surface area contributed by atoms with E-state index in [0.717, 1.165) is 5.56 Å². The fraction of sp³-hybridized carbons (Fsp3) is 0.462. The molecule has 1 atom stereocenters. The van der Waals surface area contributed by atoms with Crippen molar-refractivity contribution >= 4 is 21.8 Å². The van der Waals surface area contributed by atoms with Crippen LogP contribution < -0.4 is 9.64 Å². The molecule has 0 N–H and O–H groups in total. The quantitative estimate of drug-likeness (QED) is 0.793. The number of hydrogen-bond donors (Lipinski definition) is 0. The first kappa shape index (κ1) is 14.8. The third-order valence-corrected chi connectivity index (χ3v) is 4.28. The van der Waals surface area contributed by atoms with Crippen LogP contribution in [0.1, 0.15) is 12.0 Å². The predicted molar refractivity (Wildman–Crippen MR) is 73.1 cm³/mol. The van der Waals surface area contributed by atoms with E-state index in [1.165, 1.54) is 12.0 Å². The zero-order chi connectivity index (χ0) is 14.9. The normalized spacial score (nSPS) is 19.4. The van der Waals surface area contributed by atoms with E-state index in [-0.39, 0.29) is 18.9 Å². The van der Waals surface area contributed by atoms with E-state index in [0.29, 0.717) is 11.4 Å². The Hall–Kier alpha value is -1.63. The maximum absolute atomic E-state index is 12.7. The monoisotopic (exact) mass is 301 g/mol. The van der Waals surface area contributed by atoms with Crippen molar-refractivity contribution in [3.05, 3.63) is 23.8 Å². The van der Waals surface area contributed by atoms with Crippen molar-refractivity contribution < 1.29 is 21.8 Å². The zero-order valence-electron chi connectivity index (χ0n) is 11.3. The van der Waals surface area contributed by atoms with Crippen molar-refractivity contribution in [2.24, 2.45) is 5.92 Å². The van der Waals surface area contributed by atoms with E-state index >= 15 is 0 Å². The fourth-order valence-corrected chi connectivity index (χ4v) is 3.31. The first-order chi connectivity index (χ1) is 9.31. The van der Waals surface area contributed by atoms with Crippen LogP contribution in [0, 0.1) is 12.8 Å². The van der Waals surface area contributed by atoms with Gasteiger partial charge in [-0.25, -0.2) is 0 Å². The second kappa shape index (κ2) is 5.40. The molecule has 1 aliphatic rings. The summed E-state index contributed by atoms with van der Waals surface area (Å²) in [5.74, 6) is -0.673. The number of hydrogen-bond acceptors (Lipinski definition) is 4. The molecule has 0 aliphatic carbocycles. The van der Waals surface area contributed by atoms with E-state index < -0.39 is 21.9 Å². The molecule has 1 unspecified atom stereocenters. The Balaban J connectivity index is 2.24. The van der Waals surface area contributed by atoms with Crippen LogP contribution in [-0.4, -0.2) is 33.7 Å². The Morgan fingerprint density at radius 1 is 1.45 bits per heavy atom. The molecule has 1 aliphatic heterocycles. The van der Waals surface area contributed by atoms with Crippen LogP contribution in [-0.2, 0) is 15.0 Å². The summed E-state index contributed by atoms with van der Waals surface area (Å²) >= 11 is 0. The van der Waals surface area contributed by atoms with E-state index in [2.05, 4.69) is 0 Å². The van der Waals surface area contributed by atoms with Gasteiger partial charge in [-0.1, -0.05) is 6.07 Å². The highest BCUT2D eigenvalue weighted by atomic mass is 32.3. The molecule has 1 amide bonds. The lowest BCUT2D eigenvalue weighted by molar-refractivity contribution is -0.117. The van der Waals surface area contributed by atoms with Gasteiger partial charge in [-0.3, -0.25) is 4.79 Å². The molecular formula is C13H16FNO4S. The summed E-state index contributed by atoms with van der Waals surface area (Å²) in [6, 6.07) is 5.30. The molecule has 0 bridgehead atoms. The first-order valence-corrected chi connectivity index (χ1v) is 7.73. The molecule has 2 rings (SSSR count). The molecule has 5 nitrogen and oxygen atoms in total. The number of ether oxygens (including phenoxy) is 1. The average Bonchev–Trinajstić information content (AvgIpc) is 2.68. The average molecular weight is 301 g/mol. The number of anilines is 1. The Morgan fingerprint density at radius 2 is 2.15 bits per heavy atom. The first-order valence-electron chi connectivity index (χ1n) is 6.18. The lowest BCUT2D eigenvalue weighted by Gasteiger charge is -2.20. The highest BCUT2D eigenvalue weighted by molar-refractivity contribution is 7.86. The molecule has 0 aromatic heterocycles. The Labute approximate surface area is 117 Å². The van der Waals surface area contributed by atoms with Gasteiger partial charge >= 0.3 is 10.2 Å². The molecule has 20 heavy (non-hydrogen) atoms. The van der Waals surface area contributed by atoms with Gasteiger partial charge in [-0.15, -0.1) is 3.89 Å². The maximum atomic E-state index is 12.7. The molecular weight excluding hydrogens is 285 g/mol. The number of carbonyl (C=O) groups excluding carboxylic acids is 1. The van der Waals surface area contributed by atoms with Gasteiger partial charge in [0.2, 0.25) is 5.91 Å². The minimum absolute atomic E-state index is 0.0415. The summed E-state index contributed by atoms with van der Waals surface area (Å²) in [6.45, 7) is 2.02. The Bertz CT molecular complexity index is 629. The molecule has 7 heteroatoms. The van der Waals surface area contributed by atoms with Gasteiger partial charge in [0.05, 0.1) is 18.6 Å². The summed E-state index contributed by atoms with van der Waals surface area (Å²) in [5.41, 5.74) is 1.47. The standard InChI is InChI=1S/C13H16FNO4S/c1-9-11(4-3-5-12(9)19-2)15-7-10(6-13(15)16)8-20(14,17)18/h3-5,10H,6-8H2,1-2H3. The van der Waals surface area contributed by atoms with Gasteiger partial charge in [0.15, 0.2) is 0 Å². The second-order valence-corrected chi connectivity index (χ2v) is 6.30. The number of methoxy groups -OCH3 is 1. The van der Waals surface area contributed by atoms with Gasteiger partial charge in [-0.2, -0.15) is 8.42 Å². The molecule has 0 spiro atoms. The predicted octanol–water partition coefficient (Wildman–Crippen LogP) is 1.66. The summed E-state index contributed by atoms with van der Waals surface area (Å²) in [5, 5.41) is 0. The summed E-state index contributed by atoms with van der Waals surface area (Å²) in [4.78, 5) is 13.5. The molecule has 1 heterocycles.